The molecule has 1 heterocycles. The smallest absolute Gasteiger partial charge is 0.237 e. The van der Waals surface area contributed by atoms with E-state index in [0.717, 1.165) is 44.0 Å². The molecule has 0 aromatic carbocycles. The Bertz CT molecular complexity index is 245. The van der Waals surface area contributed by atoms with Gasteiger partial charge in [0.2, 0.25) is 5.91 Å². The lowest BCUT2D eigenvalue weighted by Crippen LogP contribution is -2.49. The normalized spacial score (nSPS) is 20.4. The van der Waals surface area contributed by atoms with Gasteiger partial charge in [0, 0.05) is 19.3 Å². The summed E-state index contributed by atoms with van der Waals surface area (Å²) in [6.45, 7) is 5.66. The quantitative estimate of drug-likeness (QED) is 0.689. The van der Waals surface area contributed by atoms with Crippen molar-refractivity contribution in [3.63, 3.8) is 0 Å². The number of thioether (sulfide) groups is 1. The second kappa shape index (κ2) is 8.77. The molecule has 5 heteroatoms. The maximum absolute atomic E-state index is 12.0. The number of carbonyl (C=O) groups excluding carboxylic acids is 1. The standard InChI is InChI=1S/C13H26N2O2S/c1-3-18-9-6-10(2)15-13(16)12(14)11-4-7-17-8-5-11/h10-12H,3-9,14H2,1-2H3,(H,15,16). The van der Waals surface area contributed by atoms with Crippen molar-refractivity contribution < 1.29 is 9.53 Å². The fourth-order valence-electron chi connectivity index (χ4n) is 2.10. The number of hydrogen-bond donors (Lipinski definition) is 2. The molecule has 106 valence electrons. The van der Waals surface area contributed by atoms with E-state index >= 15 is 0 Å². The average molecular weight is 274 g/mol. The highest BCUT2D eigenvalue weighted by molar-refractivity contribution is 7.99. The Labute approximate surface area is 114 Å². The molecule has 3 N–H and O–H groups in total. The Balaban J connectivity index is 2.25. The van der Waals surface area contributed by atoms with Crippen LogP contribution in [0, 0.1) is 5.92 Å². The van der Waals surface area contributed by atoms with Gasteiger partial charge in [0.15, 0.2) is 0 Å². The molecule has 0 aliphatic carbocycles. The highest BCUT2D eigenvalue weighted by Crippen LogP contribution is 2.17. The lowest BCUT2D eigenvalue weighted by atomic mass is 9.91. The van der Waals surface area contributed by atoms with E-state index in [0.29, 0.717) is 0 Å². The zero-order valence-corrected chi connectivity index (χ0v) is 12.3. The third kappa shape index (κ3) is 5.59. The molecular formula is C13H26N2O2S. The van der Waals surface area contributed by atoms with Crippen LogP contribution in [0.2, 0.25) is 0 Å². The Morgan fingerprint density at radius 2 is 2.17 bits per heavy atom. The number of amides is 1. The molecule has 1 amide bonds. The minimum atomic E-state index is -0.379. The fraction of sp³-hybridized carbons (Fsp3) is 0.923. The van der Waals surface area contributed by atoms with Crippen molar-refractivity contribution in [3.05, 3.63) is 0 Å². The molecule has 0 saturated carbocycles. The number of rotatable bonds is 7. The van der Waals surface area contributed by atoms with Crippen molar-refractivity contribution in [1.29, 1.82) is 0 Å². The first kappa shape index (κ1) is 15.8. The summed E-state index contributed by atoms with van der Waals surface area (Å²) in [4.78, 5) is 12.0. The molecule has 0 spiro atoms. The summed E-state index contributed by atoms with van der Waals surface area (Å²) in [7, 11) is 0. The van der Waals surface area contributed by atoms with Gasteiger partial charge in [-0.15, -0.1) is 0 Å². The predicted octanol–water partition coefficient (Wildman–Crippen LogP) is 1.39. The van der Waals surface area contributed by atoms with Gasteiger partial charge in [-0.25, -0.2) is 0 Å². The van der Waals surface area contributed by atoms with Gasteiger partial charge in [0.25, 0.3) is 0 Å². The Morgan fingerprint density at radius 3 is 2.78 bits per heavy atom. The van der Waals surface area contributed by atoms with Crippen LogP contribution in [-0.4, -0.2) is 42.7 Å². The lowest BCUT2D eigenvalue weighted by Gasteiger charge is -2.27. The molecule has 1 fully saturated rings. The summed E-state index contributed by atoms with van der Waals surface area (Å²) < 4.78 is 5.29. The Hall–Kier alpha value is -0.260. The zero-order valence-electron chi connectivity index (χ0n) is 11.5. The molecule has 1 aliphatic rings. The second-order valence-electron chi connectivity index (χ2n) is 4.87. The van der Waals surface area contributed by atoms with E-state index in [-0.39, 0.29) is 23.9 Å². The topological polar surface area (TPSA) is 64.4 Å². The van der Waals surface area contributed by atoms with Crippen molar-refractivity contribution in [2.24, 2.45) is 11.7 Å². The van der Waals surface area contributed by atoms with Crippen molar-refractivity contribution in [2.45, 2.75) is 45.2 Å². The van der Waals surface area contributed by atoms with Gasteiger partial charge in [0.1, 0.15) is 0 Å². The second-order valence-corrected chi connectivity index (χ2v) is 6.26. The van der Waals surface area contributed by atoms with E-state index in [1.54, 1.807) is 0 Å². The highest BCUT2D eigenvalue weighted by Gasteiger charge is 2.26. The largest absolute Gasteiger partial charge is 0.381 e. The van der Waals surface area contributed by atoms with Crippen LogP contribution in [0.3, 0.4) is 0 Å². The molecular weight excluding hydrogens is 248 g/mol. The molecule has 1 saturated heterocycles. The minimum absolute atomic E-state index is 0.00380. The number of hydrogen-bond acceptors (Lipinski definition) is 4. The first-order chi connectivity index (χ1) is 8.65. The average Bonchev–Trinajstić information content (AvgIpc) is 2.39. The van der Waals surface area contributed by atoms with Gasteiger partial charge in [-0.1, -0.05) is 6.92 Å². The van der Waals surface area contributed by atoms with Gasteiger partial charge in [-0.3, -0.25) is 4.79 Å². The maximum atomic E-state index is 12.0. The van der Waals surface area contributed by atoms with Crippen LogP contribution >= 0.6 is 11.8 Å². The van der Waals surface area contributed by atoms with Gasteiger partial charge in [-0.2, -0.15) is 11.8 Å². The van der Waals surface area contributed by atoms with Crippen LogP contribution in [0.1, 0.15) is 33.1 Å². The number of nitrogens with one attached hydrogen (secondary N) is 1. The van der Waals surface area contributed by atoms with Gasteiger partial charge in [0.05, 0.1) is 6.04 Å². The van der Waals surface area contributed by atoms with E-state index < -0.39 is 0 Å². The summed E-state index contributed by atoms with van der Waals surface area (Å²) >= 11 is 1.90. The van der Waals surface area contributed by atoms with Gasteiger partial charge in [-0.05, 0) is 43.6 Å². The third-order valence-corrected chi connectivity index (χ3v) is 4.30. The van der Waals surface area contributed by atoms with Gasteiger partial charge < -0.3 is 15.8 Å². The van der Waals surface area contributed by atoms with Crippen LogP contribution in [0.25, 0.3) is 0 Å². The van der Waals surface area contributed by atoms with Gasteiger partial charge >= 0.3 is 0 Å². The minimum Gasteiger partial charge on any atom is -0.381 e. The number of nitrogens with two attached hydrogens (primary N) is 1. The SMILES string of the molecule is CCSCCC(C)NC(=O)C(N)C1CCOCC1. The van der Waals surface area contributed by atoms with Crippen molar-refractivity contribution in [3.8, 4) is 0 Å². The molecule has 0 aromatic heterocycles. The van der Waals surface area contributed by atoms with Crippen LogP contribution in [0.4, 0.5) is 0 Å². The van der Waals surface area contributed by atoms with Crippen LogP contribution < -0.4 is 11.1 Å². The van der Waals surface area contributed by atoms with Crippen LogP contribution in [-0.2, 0) is 9.53 Å². The summed E-state index contributed by atoms with van der Waals surface area (Å²) in [6.07, 6.45) is 2.80. The van der Waals surface area contributed by atoms with E-state index in [1.165, 1.54) is 0 Å². The molecule has 0 bridgehead atoms. The van der Waals surface area contributed by atoms with Crippen molar-refractivity contribution in [2.75, 3.05) is 24.7 Å². The molecule has 2 unspecified atom stereocenters. The monoisotopic (exact) mass is 274 g/mol. The number of ether oxygens (including phenoxy) is 1. The highest BCUT2D eigenvalue weighted by atomic mass is 32.2. The molecule has 1 rings (SSSR count). The third-order valence-electron chi connectivity index (χ3n) is 3.36. The first-order valence-corrected chi connectivity index (χ1v) is 8.02. The molecule has 2 atom stereocenters. The van der Waals surface area contributed by atoms with Crippen molar-refractivity contribution >= 4 is 17.7 Å². The first-order valence-electron chi connectivity index (χ1n) is 6.86. The molecule has 18 heavy (non-hydrogen) atoms. The fourth-order valence-corrected chi connectivity index (χ4v) is 2.91. The van der Waals surface area contributed by atoms with E-state index in [9.17, 15) is 4.79 Å². The number of carbonyl (C=O) groups is 1. The summed E-state index contributed by atoms with van der Waals surface area (Å²) in [6, 6.07) is -0.169. The van der Waals surface area contributed by atoms with E-state index in [1.807, 2.05) is 18.7 Å². The van der Waals surface area contributed by atoms with Crippen LogP contribution in [0.5, 0.6) is 0 Å². The van der Waals surface area contributed by atoms with E-state index in [2.05, 4.69) is 12.2 Å². The molecule has 1 aliphatic heterocycles. The zero-order chi connectivity index (χ0) is 13.4. The maximum Gasteiger partial charge on any atom is 0.237 e. The Morgan fingerprint density at radius 1 is 1.50 bits per heavy atom. The summed E-state index contributed by atoms with van der Waals surface area (Å²) in [5.41, 5.74) is 6.02. The molecule has 0 radical (unpaired) electrons. The Kier molecular flexibility index (Phi) is 7.70. The lowest BCUT2D eigenvalue weighted by molar-refractivity contribution is -0.124. The summed E-state index contributed by atoms with van der Waals surface area (Å²) in [5, 5.41) is 3.02. The van der Waals surface area contributed by atoms with E-state index in [4.69, 9.17) is 10.5 Å². The molecule has 4 nitrogen and oxygen atoms in total. The molecule has 0 aromatic rings. The predicted molar refractivity (Wildman–Crippen MR) is 76.7 cm³/mol. The summed E-state index contributed by atoms with van der Waals surface area (Å²) in [5.74, 6) is 2.49. The van der Waals surface area contributed by atoms with Crippen molar-refractivity contribution in [1.82, 2.24) is 5.32 Å². The van der Waals surface area contributed by atoms with Crippen LogP contribution in [0.15, 0.2) is 0 Å².